The molecule has 2 fully saturated rings. The third kappa shape index (κ3) is 19.0. The van der Waals surface area contributed by atoms with E-state index in [1.165, 1.54) is 48.5 Å². The van der Waals surface area contributed by atoms with Crippen molar-refractivity contribution in [2.24, 2.45) is 0 Å². The molecule has 10 aromatic rings. The lowest BCUT2D eigenvalue weighted by Crippen LogP contribution is -2.49. The molecule has 12 rings (SSSR count). The number of para-hydroxylation sites is 2. The van der Waals surface area contributed by atoms with Crippen LogP contribution in [0, 0.1) is 30.2 Å². The molecule has 2 aliphatic rings. The zero-order valence-electron chi connectivity index (χ0n) is 100. The summed E-state index contributed by atoms with van der Waals surface area (Å²) in [6.07, 6.45) is -28.8. The molecule has 0 aliphatic carbocycles. The van der Waals surface area contributed by atoms with Gasteiger partial charge in [0.2, 0.25) is 11.8 Å². The number of likely N-dealkylation sites (tertiary alicyclic amines) is 2. The molecule has 24 heteroatoms. The van der Waals surface area contributed by atoms with Crippen LogP contribution in [0.1, 0.15) is 140 Å². The lowest BCUT2D eigenvalue weighted by Gasteiger charge is -2.42. The monoisotopic (exact) mass is 1540 g/mol. The third-order valence-electron chi connectivity index (χ3n) is 15.0. The number of methoxy groups -OCH3 is 2. The van der Waals surface area contributed by atoms with Crippen molar-refractivity contribution in [1.29, 1.82) is 0 Å². The van der Waals surface area contributed by atoms with Crippen molar-refractivity contribution in [2.75, 3.05) is 66.3 Å². The summed E-state index contributed by atoms with van der Waals surface area (Å²) in [5, 5.41) is -2.53. The Morgan fingerprint density at radius 2 is 1.18 bits per heavy atom. The van der Waals surface area contributed by atoms with Gasteiger partial charge in [-0.2, -0.15) is 26.3 Å². The van der Waals surface area contributed by atoms with Gasteiger partial charge < -0.3 is 38.2 Å². The van der Waals surface area contributed by atoms with Gasteiger partial charge >= 0.3 is 12.4 Å². The normalized spacial score (nSPS) is 26.1. The van der Waals surface area contributed by atoms with Gasteiger partial charge in [-0.3, -0.25) is 19.2 Å². The fourth-order valence-electron chi connectivity index (χ4n) is 9.88. The molecular weight excluding hydrogens is 1420 g/mol. The van der Waals surface area contributed by atoms with Crippen molar-refractivity contribution >= 4 is 57.1 Å². The largest absolute Gasteiger partial charge is 0.416 e. The Kier molecular flexibility index (Phi) is 12.6. The number of nitrogens with zero attached hydrogens (tertiary/aromatic N) is 6. The maximum Gasteiger partial charge on any atom is 0.416 e. The summed E-state index contributed by atoms with van der Waals surface area (Å²) in [5.41, 5.74) is -13.3. The van der Waals surface area contributed by atoms with E-state index in [9.17, 15) is 66.9 Å². The topological polar surface area (TPSA) is 110 Å². The van der Waals surface area contributed by atoms with Crippen LogP contribution in [0.3, 0.4) is 0 Å². The molecule has 12 nitrogen and oxygen atoms in total. The van der Waals surface area contributed by atoms with Crippen molar-refractivity contribution < 1.29 is 126 Å². The number of alkyl halides is 6. The van der Waals surface area contributed by atoms with E-state index >= 15 is 14.0 Å². The SMILES string of the molecule is [2H]C([2H])([2H])OCC([2H])([2H])N1C([2H])([2H])C([2H])([2H])C([2H])(N(C(=O)Cn2c(SCc3cccc(F)c3F)cc(=O)c3ccccc32)C([2H])(C)c2ccc(-c3ccc(C(F)(F)F)cc3)cc2)C([2H])([2H])C1([2H])[2H].[2H]c1c([2H])c(F)c(F)c(CSc2c([2H])c(=O)c3c([2H])c([2H])c([2H])c([2H])c3n2CC(=O)N(C([2H])([2H])c2c([2H])c([2H])c(-c3c([2H])c([2H])c(C(F)(F)F)c([2H])c3[2H])c([2H])c2C)C2([2H])C([2H])([2H])C([2H])([2H])N(C([2H])([2H])COC([2H])([2H])[2H])C([2H])([2H])C2([2H])[2H])c1[2H]. The minimum Gasteiger partial charge on any atom is -0.383 e. The Morgan fingerprint density at radius 1 is 0.594 bits per heavy atom. The maximum absolute atomic E-state index is 15.9. The lowest BCUT2D eigenvalue weighted by atomic mass is 9.96. The first-order valence-electron chi connectivity index (χ1n) is 53.3. The predicted molar refractivity (Wildman–Crippen MR) is 395 cm³/mol. The number of aromatic nitrogens is 2. The molecule has 0 radical (unpaired) electrons. The number of benzene rings is 8. The quantitative estimate of drug-likeness (QED) is 0.0428. The number of thioether (sulfide) groups is 2. The number of pyridine rings is 2. The smallest absolute Gasteiger partial charge is 0.383 e. The molecule has 1 unspecified atom stereocenters. The minimum absolute atomic E-state index is 0.0314. The maximum atomic E-state index is 15.9. The van der Waals surface area contributed by atoms with Crippen LogP contribution in [0.25, 0.3) is 44.1 Å². The van der Waals surface area contributed by atoms with E-state index in [2.05, 4.69) is 9.47 Å². The number of fused-ring (bicyclic) bond motifs is 2. The van der Waals surface area contributed by atoms with Gasteiger partial charge in [0, 0.05) is 145 Å². The molecule has 0 spiro atoms. The molecule has 556 valence electrons. The Labute approximate surface area is 681 Å². The number of carbonyl (C=O) groups excluding carboxylic acids is 2. The Bertz CT molecular complexity index is 7160. The number of hydrogen-bond donors (Lipinski definition) is 0. The first kappa shape index (κ1) is 38.2. The first-order chi connectivity index (χ1) is 68.8. The molecule has 2 amide bonds. The Morgan fingerprint density at radius 3 is 1.84 bits per heavy atom. The number of hydrogen-bond acceptors (Lipinski definition) is 10. The summed E-state index contributed by atoms with van der Waals surface area (Å²) < 4.78 is 553. The standard InChI is InChI=1S/2C41H40F5N3O3S/c1-27(28-10-12-29(13-11-28)30-14-16-32(17-15-30)41(44,45)46)49(33-18-20-47(21-19-33)22-23-52-2)38(51)25-48-36-9-4-3-7-34(36)37(50)24-39(48)53-26-31-6-5-8-35(42)40(31)43;1-27-22-29(28-12-14-32(15-13-28)41(44,45)46)10-11-30(27)24-48(33-16-18-47(19-17-33)20-21-52-2)38(51)25-49-36-9-4-3-7-34(36)37(50)23-39(49)53-26-31-6-5-8-35(42)40(31)43/h3-17,24,27,33H,18-23,25-26H2,1-2H3;3-15,22-23,33H,16-21,24-26H2,1-2H3/i2D3,18D2,19D2,20D2,21D2,22D2,27D,33D;2D3,3D,4D,5D,6D,7D,8D,9D,10D,11D,12D,13D,14D,15D,16D2,17D2,18D2,19D2,20D2,22D,23D,24D2,33D. The summed E-state index contributed by atoms with van der Waals surface area (Å²) in [7, 11) is -6.96. The average Bonchev–Trinajstić information content (AvgIpc) is 0.654. The Balaban J connectivity index is 0.000000294. The highest BCUT2D eigenvalue weighted by molar-refractivity contribution is 7.98. The molecular formula is C82H80F10N6O6S2. The molecule has 106 heavy (non-hydrogen) atoms. The number of piperidine rings is 2. The van der Waals surface area contributed by atoms with Gasteiger partial charge in [0.05, 0.1) is 87.1 Å². The number of amides is 2. The van der Waals surface area contributed by atoms with Gasteiger partial charge in [-0.1, -0.05) is 115 Å². The van der Waals surface area contributed by atoms with E-state index in [0.29, 0.717) is 18.7 Å². The molecule has 0 saturated carbocycles. The van der Waals surface area contributed by atoms with Crippen LogP contribution in [-0.4, -0.2) is 119 Å². The highest BCUT2D eigenvalue weighted by Crippen LogP contribution is 2.37. The first-order valence-corrected chi connectivity index (χ1v) is 32.3. The van der Waals surface area contributed by atoms with Gasteiger partial charge in [-0.25, -0.2) is 17.6 Å². The summed E-state index contributed by atoms with van der Waals surface area (Å²) in [6, 6.07) is -15.7. The number of ether oxygens (including phenoxy) is 2. The summed E-state index contributed by atoms with van der Waals surface area (Å²) in [6.45, 7) is -35.8. The van der Waals surface area contributed by atoms with Crippen LogP contribution in [0.2, 0.25) is 0 Å². The predicted octanol–water partition coefficient (Wildman–Crippen LogP) is 17.7. The number of rotatable bonds is 24. The zero-order chi connectivity index (χ0) is 116. The van der Waals surface area contributed by atoms with E-state index < -0.39 is 354 Å². The van der Waals surface area contributed by atoms with Gasteiger partial charge in [-0.15, -0.1) is 23.5 Å². The van der Waals surface area contributed by atoms with E-state index in [0.717, 1.165) is 60.0 Å². The van der Waals surface area contributed by atoms with Crippen LogP contribution in [-0.2, 0) is 62.5 Å². The van der Waals surface area contributed by atoms with E-state index in [4.69, 9.17) is 45.2 Å². The van der Waals surface area contributed by atoms with Crippen molar-refractivity contribution in [3.05, 3.63) is 270 Å². The van der Waals surface area contributed by atoms with Gasteiger partial charge in [0.15, 0.2) is 34.1 Å². The molecule has 0 N–H and O–H groups in total. The van der Waals surface area contributed by atoms with Crippen molar-refractivity contribution in [3.8, 4) is 22.3 Å². The molecule has 4 heterocycles. The Hall–Kier alpha value is -9.04. The van der Waals surface area contributed by atoms with Crippen molar-refractivity contribution in [2.45, 2.75) is 111 Å². The lowest BCUT2D eigenvalue weighted by molar-refractivity contribution is -0.138. The van der Waals surface area contributed by atoms with Crippen LogP contribution >= 0.6 is 23.5 Å². The summed E-state index contributed by atoms with van der Waals surface area (Å²) >= 11 is 0.635. The van der Waals surface area contributed by atoms with Crippen LogP contribution < -0.4 is 10.9 Å². The average molecular weight is 1550 g/mol. The van der Waals surface area contributed by atoms with Crippen LogP contribution in [0.4, 0.5) is 43.9 Å². The fraction of sp³-hybridized carbons (Fsp3) is 0.317. The second kappa shape index (κ2) is 35.1. The molecule has 2 aromatic heterocycles. The summed E-state index contributed by atoms with van der Waals surface area (Å²) in [4.78, 5) is 56.2. The van der Waals surface area contributed by atoms with Crippen LogP contribution in [0.15, 0.2) is 207 Å². The fourth-order valence-corrected chi connectivity index (χ4v) is 11.9. The van der Waals surface area contributed by atoms with E-state index in [1.54, 1.807) is 0 Å². The van der Waals surface area contributed by atoms with Crippen molar-refractivity contribution in [3.63, 3.8) is 0 Å². The molecule has 2 aliphatic heterocycles. The molecule has 8 aromatic carbocycles. The van der Waals surface area contributed by atoms with Gasteiger partial charge in [0.25, 0.3) is 0 Å². The zero-order valence-corrected chi connectivity index (χ0v) is 55.8. The number of carbonyl (C=O) groups is 2. The second-order valence-electron chi connectivity index (χ2n) is 21.8. The third-order valence-corrected chi connectivity index (χ3v) is 17.2. The highest BCUT2D eigenvalue weighted by atomic mass is 32.2. The van der Waals surface area contributed by atoms with Gasteiger partial charge in [-0.05, 0) is 139 Å². The molecule has 1 atom stereocenters. The number of halogens is 10. The molecule has 2 saturated heterocycles. The molecule has 0 bridgehead atoms. The van der Waals surface area contributed by atoms with E-state index in [-0.39, 0.29) is 65.2 Å². The van der Waals surface area contributed by atoms with Crippen molar-refractivity contribution in [1.82, 2.24) is 28.7 Å². The van der Waals surface area contributed by atoms with E-state index in [1.807, 2.05) is 0 Å². The van der Waals surface area contributed by atoms with Crippen LogP contribution in [0.5, 0.6) is 0 Å². The minimum atomic E-state index is -5.57. The summed E-state index contributed by atoms with van der Waals surface area (Å²) in [5.74, 6) is -12.1. The van der Waals surface area contributed by atoms with Gasteiger partial charge in [0.1, 0.15) is 13.1 Å². The highest BCUT2D eigenvalue weighted by Gasteiger charge is 2.35. The second-order valence-corrected chi connectivity index (χ2v) is 23.8.